The van der Waals surface area contributed by atoms with Gasteiger partial charge in [-0.25, -0.2) is 4.79 Å². The van der Waals surface area contributed by atoms with Gasteiger partial charge in [0, 0.05) is 28.4 Å². The fraction of sp³-hybridized carbons (Fsp3) is 0. The van der Waals surface area contributed by atoms with Crippen LogP contribution in [-0.4, -0.2) is 20.8 Å². The van der Waals surface area contributed by atoms with Gasteiger partial charge in [-0.3, -0.25) is 10.1 Å². The van der Waals surface area contributed by atoms with Crippen LogP contribution in [0.5, 0.6) is 5.75 Å². The third-order valence-electron chi connectivity index (χ3n) is 3.30. The zero-order valence-electron chi connectivity index (χ0n) is 12.7. The van der Waals surface area contributed by atoms with Crippen molar-refractivity contribution in [3.63, 3.8) is 0 Å². The molecule has 0 spiro atoms. The first-order valence-electron chi connectivity index (χ1n) is 7.02. The van der Waals surface area contributed by atoms with Gasteiger partial charge in [0.05, 0.1) is 20.7 Å². The first kappa shape index (κ1) is 18.4. The van der Waals surface area contributed by atoms with Crippen LogP contribution in [-0.2, 0) is 0 Å². The molecule has 26 heavy (non-hydrogen) atoms. The van der Waals surface area contributed by atoms with Gasteiger partial charge in [0.1, 0.15) is 0 Å². The normalized spacial score (nSPS) is 10.6. The summed E-state index contributed by atoms with van der Waals surface area (Å²) in [6.07, 6.45) is 0.568. The van der Waals surface area contributed by atoms with Gasteiger partial charge in [0.15, 0.2) is 5.75 Å². The molecule has 0 bridgehead atoms. The molecule has 2 aromatic carbocycles. The molecule has 0 saturated carbocycles. The van der Waals surface area contributed by atoms with Gasteiger partial charge in [-0.1, -0.05) is 51.3 Å². The van der Waals surface area contributed by atoms with Crippen LogP contribution in [0.2, 0.25) is 10.0 Å². The van der Waals surface area contributed by atoms with Crippen molar-refractivity contribution in [2.45, 2.75) is 0 Å². The minimum Gasteiger partial charge on any atom is -0.405 e. The van der Waals surface area contributed by atoms with Crippen molar-refractivity contribution < 1.29 is 14.5 Å². The molecule has 7 nitrogen and oxygen atoms in total. The van der Waals surface area contributed by atoms with E-state index in [-0.39, 0.29) is 21.5 Å². The van der Waals surface area contributed by atoms with Crippen LogP contribution in [0.25, 0.3) is 11.3 Å². The van der Waals surface area contributed by atoms with E-state index >= 15 is 0 Å². The van der Waals surface area contributed by atoms with Crippen LogP contribution in [0.1, 0.15) is 0 Å². The number of carbonyl (C=O) groups excluding carboxylic acids is 1. The highest BCUT2D eigenvalue weighted by Crippen LogP contribution is 2.37. The van der Waals surface area contributed by atoms with E-state index in [1.165, 1.54) is 6.20 Å². The second kappa shape index (κ2) is 7.45. The molecule has 0 fully saturated rings. The molecule has 10 heteroatoms. The van der Waals surface area contributed by atoms with Crippen molar-refractivity contribution in [3.8, 4) is 17.0 Å². The molecule has 132 valence electrons. The third-order valence-corrected chi connectivity index (χ3v) is 4.39. The minimum absolute atomic E-state index is 0.155. The lowest BCUT2D eigenvalue weighted by Gasteiger charge is -2.07. The summed E-state index contributed by atoms with van der Waals surface area (Å²) in [5, 5.41) is 14.6. The van der Waals surface area contributed by atoms with E-state index in [2.05, 4.69) is 21.0 Å². The molecule has 3 aromatic rings. The average molecular weight is 457 g/mol. The van der Waals surface area contributed by atoms with Gasteiger partial charge in [0.25, 0.3) is 5.69 Å². The van der Waals surface area contributed by atoms with Crippen molar-refractivity contribution in [2.24, 2.45) is 0 Å². The number of nitro benzene ring substituents is 1. The summed E-state index contributed by atoms with van der Waals surface area (Å²) >= 11 is 15.2. The molecule has 1 heterocycles. The zero-order valence-corrected chi connectivity index (χ0v) is 15.8. The van der Waals surface area contributed by atoms with Gasteiger partial charge in [-0.2, -0.15) is 9.78 Å². The van der Waals surface area contributed by atoms with Gasteiger partial charge < -0.3 is 4.74 Å². The third kappa shape index (κ3) is 3.87. The summed E-state index contributed by atoms with van der Waals surface area (Å²) in [4.78, 5) is 22.4. The second-order valence-corrected chi connectivity index (χ2v) is 6.75. The van der Waals surface area contributed by atoms with E-state index in [9.17, 15) is 14.9 Å². The van der Waals surface area contributed by atoms with Gasteiger partial charge in [0.2, 0.25) is 0 Å². The Hall–Kier alpha value is -2.42. The van der Waals surface area contributed by atoms with Crippen LogP contribution in [0.15, 0.2) is 53.1 Å². The maximum atomic E-state index is 12.3. The number of ether oxygens (including phenoxy) is 1. The van der Waals surface area contributed by atoms with Gasteiger partial charge in [-0.15, -0.1) is 0 Å². The Morgan fingerprint density at radius 1 is 1.15 bits per heavy atom. The number of hydrogen-bond acceptors (Lipinski definition) is 5. The number of halogens is 3. The number of aromatic nitrogens is 2. The van der Waals surface area contributed by atoms with Crippen molar-refractivity contribution in [1.29, 1.82) is 0 Å². The highest BCUT2D eigenvalue weighted by atomic mass is 79.9. The SMILES string of the molecule is O=C(Oc1c(Cl)cc([N+](=O)[O-])cc1Cl)n1ccc(-c2ccc(Br)cc2)n1. The molecule has 0 aliphatic carbocycles. The molecule has 0 amide bonds. The van der Waals surface area contributed by atoms with Gasteiger partial charge >= 0.3 is 6.09 Å². The Morgan fingerprint density at radius 3 is 2.35 bits per heavy atom. The van der Waals surface area contributed by atoms with Crippen LogP contribution < -0.4 is 4.74 Å². The molecule has 3 rings (SSSR count). The van der Waals surface area contributed by atoms with E-state index in [1.54, 1.807) is 6.07 Å². The molecule has 0 radical (unpaired) electrons. The molecule has 0 atom stereocenters. The minimum atomic E-state index is -0.856. The zero-order chi connectivity index (χ0) is 18.8. The standard InChI is InChI=1S/C16H8BrCl2N3O4/c17-10-3-1-9(2-4-10)14-5-6-21(20-14)16(23)26-15-12(18)7-11(22(24)25)8-13(15)19/h1-8H. The number of non-ortho nitro benzene ring substituents is 1. The number of hydrogen-bond donors (Lipinski definition) is 0. The van der Waals surface area contributed by atoms with E-state index < -0.39 is 11.0 Å². The molecule has 0 aliphatic rings. The Kier molecular flexibility index (Phi) is 5.26. The molecule has 0 unspecified atom stereocenters. The van der Waals surface area contributed by atoms with Crippen LogP contribution in [0, 0.1) is 10.1 Å². The fourth-order valence-corrected chi connectivity index (χ4v) is 2.90. The number of carbonyl (C=O) groups is 1. The summed E-state index contributed by atoms with van der Waals surface area (Å²) in [6.45, 7) is 0. The largest absolute Gasteiger partial charge is 0.440 e. The van der Waals surface area contributed by atoms with Crippen LogP contribution in [0.4, 0.5) is 10.5 Å². The van der Waals surface area contributed by atoms with Crippen molar-refractivity contribution in [3.05, 3.63) is 73.3 Å². The van der Waals surface area contributed by atoms with Crippen LogP contribution >= 0.6 is 39.1 Å². The summed E-state index contributed by atoms with van der Waals surface area (Å²) in [7, 11) is 0. The van der Waals surface area contributed by atoms with E-state index in [1.807, 2.05) is 24.3 Å². The highest BCUT2D eigenvalue weighted by Gasteiger charge is 2.19. The monoisotopic (exact) mass is 455 g/mol. The Morgan fingerprint density at radius 2 is 1.77 bits per heavy atom. The summed E-state index contributed by atoms with van der Waals surface area (Å²) in [5.41, 5.74) is 1.07. The number of nitrogens with zero attached hydrogens (tertiary/aromatic N) is 3. The Labute approximate surface area is 165 Å². The fourth-order valence-electron chi connectivity index (χ4n) is 2.08. The highest BCUT2D eigenvalue weighted by molar-refractivity contribution is 9.10. The molecule has 1 aromatic heterocycles. The lowest BCUT2D eigenvalue weighted by Crippen LogP contribution is -2.17. The average Bonchev–Trinajstić information content (AvgIpc) is 3.08. The lowest BCUT2D eigenvalue weighted by atomic mass is 10.2. The van der Waals surface area contributed by atoms with Crippen molar-refractivity contribution >= 4 is 50.9 Å². The molecular weight excluding hydrogens is 449 g/mol. The summed E-state index contributed by atoms with van der Waals surface area (Å²) < 4.78 is 7.03. The maximum absolute atomic E-state index is 12.3. The molecule has 0 saturated heterocycles. The topological polar surface area (TPSA) is 87.3 Å². The summed E-state index contributed by atoms with van der Waals surface area (Å²) in [5.74, 6) is -0.176. The van der Waals surface area contributed by atoms with E-state index in [0.29, 0.717) is 5.69 Å². The first-order chi connectivity index (χ1) is 12.3. The second-order valence-electron chi connectivity index (χ2n) is 5.02. The van der Waals surface area contributed by atoms with Crippen LogP contribution in [0.3, 0.4) is 0 Å². The smallest absolute Gasteiger partial charge is 0.405 e. The predicted octanol–water partition coefficient (Wildman–Crippen LogP) is 5.57. The van der Waals surface area contributed by atoms with Crippen molar-refractivity contribution in [1.82, 2.24) is 9.78 Å². The quantitative estimate of drug-likeness (QED) is 0.379. The van der Waals surface area contributed by atoms with E-state index in [4.69, 9.17) is 27.9 Å². The maximum Gasteiger partial charge on any atom is 0.440 e. The predicted molar refractivity (Wildman–Crippen MR) is 99.9 cm³/mol. The van der Waals surface area contributed by atoms with E-state index in [0.717, 1.165) is 26.9 Å². The molecular formula is C16H8BrCl2N3O4. The molecule has 0 aliphatic heterocycles. The van der Waals surface area contributed by atoms with Crippen molar-refractivity contribution in [2.75, 3.05) is 0 Å². The number of rotatable bonds is 3. The molecule has 0 N–H and O–H groups in total. The summed E-state index contributed by atoms with van der Waals surface area (Å²) in [6, 6.07) is 11.1. The number of nitro groups is 1. The lowest BCUT2D eigenvalue weighted by molar-refractivity contribution is -0.384. The number of benzene rings is 2. The van der Waals surface area contributed by atoms with Gasteiger partial charge in [-0.05, 0) is 18.2 Å². The Bertz CT molecular complexity index is 982. The first-order valence-corrected chi connectivity index (χ1v) is 8.57. The Balaban J connectivity index is 1.83.